The predicted octanol–water partition coefficient (Wildman–Crippen LogP) is 1.58. The van der Waals surface area contributed by atoms with Crippen molar-refractivity contribution in [2.75, 3.05) is 43.1 Å². The summed E-state index contributed by atoms with van der Waals surface area (Å²) >= 11 is 0. The molecule has 27 heavy (non-hydrogen) atoms. The third-order valence-electron chi connectivity index (χ3n) is 4.51. The van der Waals surface area contributed by atoms with Crippen LogP contribution < -0.4 is 19.7 Å². The number of rotatable bonds is 5. The van der Waals surface area contributed by atoms with Gasteiger partial charge in [-0.05, 0) is 24.3 Å². The van der Waals surface area contributed by atoms with Gasteiger partial charge in [0.15, 0.2) is 0 Å². The van der Waals surface area contributed by atoms with Crippen LogP contribution in [0.1, 0.15) is 0 Å². The van der Waals surface area contributed by atoms with Crippen LogP contribution in [0.2, 0.25) is 0 Å². The van der Waals surface area contributed by atoms with E-state index in [4.69, 9.17) is 9.88 Å². The van der Waals surface area contributed by atoms with Crippen molar-refractivity contribution >= 4 is 27.1 Å². The van der Waals surface area contributed by atoms with Crippen LogP contribution in [0.3, 0.4) is 0 Å². The van der Waals surface area contributed by atoms with Crippen LogP contribution in [0, 0.1) is 10.1 Å². The van der Waals surface area contributed by atoms with Crippen molar-refractivity contribution in [3.05, 3.63) is 52.6 Å². The van der Waals surface area contributed by atoms with Crippen LogP contribution in [0.15, 0.2) is 47.4 Å². The number of sulfonamides is 1. The summed E-state index contributed by atoms with van der Waals surface area (Å²) in [5.74, 6) is 0.768. The highest BCUT2D eigenvalue weighted by atomic mass is 32.2. The van der Waals surface area contributed by atoms with Crippen molar-refractivity contribution in [1.82, 2.24) is 0 Å². The van der Waals surface area contributed by atoms with E-state index in [9.17, 15) is 18.5 Å². The zero-order chi connectivity index (χ0) is 19.6. The van der Waals surface area contributed by atoms with Crippen molar-refractivity contribution in [1.29, 1.82) is 0 Å². The van der Waals surface area contributed by atoms with E-state index < -0.39 is 14.9 Å². The molecular formula is C17H20N4O5S. The fourth-order valence-corrected chi connectivity index (χ4v) is 3.64. The lowest BCUT2D eigenvalue weighted by molar-refractivity contribution is -0.384. The molecule has 0 aliphatic carbocycles. The average Bonchev–Trinajstić information content (AvgIpc) is 2.67. The highest BCUT2D eigenvalue weighted by molar-refractivity contribution is 7.89. The number of ether oxygens (including phenoxy) is 1. The summed E-state index contributed by atoms with van der Waals surface area (Å²) < 4.78 is 28.2. The van der Waals surface area contributed by atoms with Gasteiger partial charge in [0, 0.05) is 44.0 Å². The van der Waals surface area contributed by atoms with E-state index in [1.807, 2.05) is 29.2 Å². The Kier molecular flexibility index (Phi) is 5.19. The summed E-state index contributed by atoms with van der Waals surface area (Å²) in [4.78, 5) is 14.6. The number of anilines is 2. The van der Waals surface area contributed by atoms with Crippen molar-refractivity contribution in [3.63, 3.8) is 0 Å². The molecule has 0 spiro atoms. The number of nitro benzene ring substituents is 1. The lowest BCUT2D eigenvalue weighted by atomic mass is 10.2. The Morgan fingerprint density at radius 1 is 1.07 bits per heavy atom. The van der Waals surface area contributed by atoms with Crippen LogP contribution in [0.25, 0.3) is 0 Å². The molecule has 2 aromatic carbocycles. The first-order valence-corrected chi connectivity index (χ1v) is 9.79. The van der Waals surface area contributed by atoms with Gasteiger partial charge in [0.05, 0.1) is 16.9 Å². The molecule has 1 saturated heterocycles. The van der Waals surface area contributed by atoms with E-state index in [1.165, 1.54) is 12.1 Å². The molecule has 0 amide bonds. The van der Waals surface area contributed by atoms with Gasteiger partial charge >= 0.3 is 0 Å². The number of hydrogen-bond acceptors (Lipinski definition) is 7. The highest BCUT2D eigenvalue weighted by Crippen LogP contribution is 2.32. The maximum atomic E-state index is 11.5. The van der Waals surface area contributed by atoms with Gasteiger partial charge < -0.3 is 14.5 Å². The number of nitrogens with zero attached hydrogens (tertiary/aromatic N) is 3. The number of methoxy groups -OCH3 is 1. The molecule has 2 N–H and O–H groups in total. The van der Waals surface area contributed by atoms with Crippen LogP contribution in [-0.4, -0.2) is 46.6 Å². The van der Waals surface area contributed by atoms with E-state index in [0.29, 0.717) is 31.9 Å². The molecule has 144 valence electrons. The van der Waals surface area contributed by atoms with Crippen molar-refractivity contribution in [3.8, 4) is 5.75 Å². The number of hydrogen-bond donors (Lipinski definition) is 1. The molecule has 2 aromatic rings. The summed E-state index contributed by atoms with van der Waals surface area (Å²) in [6.45, 7) is 2.46. The van der Waals surface area contributed by atoms with Crippen LogP contribution in [0.4, 0.5) is 17.1 Å². The normalized spacial score (nSPS) is 14.9. The Morgan fingerprint density at radius 2 is 1.74 bits per heavy atom. The number of nitrogens with two attached hydrogens (primary N) is 1. The molecule has 3 rings (SSSR count). The van der Waals surface area contributed by atoms with Gasteiger partial charge in [0.1, 0.15) is 11.4 Å². The van der Waals surface area contributed by atoms with E-state index >= 15 is 0 Å². The lowest BCUT2D eigenvalue weighted by Gasteiger charge is -2.37. The third kappa shape index (κ3) is 4.12. The average molecular weight is 392 g/mol. The zero-order valence-electron chi connectivity index (χ0n) is 14.7. The largest absolute Gasteiger partial charge is 0.497 e. The van der Waals surface area contributed by atoms with Crippen molar-refractivity contribution < 1.29 is 18.1 Å². The number of piperazine rings is 1. The Balaban J connectivity index is 1.80. The summed E-state index contributed by atoms with van der Waals surface area (Å²) in [5, 5.41) is 16.5. The number of nitro groups is 1. The molecule has 0 atom stereocenters. The van der Waals surface area contributed by atoms with E-state index in [2.05, 4.69) is 4.90 Å². The fourth-order valence-electron chi connectivity index (χ4n) is 3.11. The minimum absolute atomic E-state index is 0.267. The molecule has 10 heteroatoms. The molecule has 0 bridgehead atoms. The van der Waals surface area contributed by atoms with Crippen LogP contribution in [-0.2, 0) is 10.0 Å². The minimum atomic E-state index is -4.00. The van der Waals surface area contributed by atoms with Crippen molar-refractivity contribution in [2.45, 2.75) is 4.90 Å². The third-order valence-corrected chi connectivity index (χ3v) is 5.42. The molecule has 1 aliphatic rings. The van der Waals surface area contributed by atoms with E-state index in [-0.39, 0.29) is 10.6 Å². The van der Waals surface area contributed by atoms with Gasteiger partial charge in [-0.3, -0.25) is 10.1 Å². The Labute approximate surface area is 157 Å². The molecule has 0 aromatic heterocycles. The van der Waals surface area contributed by atoms with Gasteiger partial charge in [-0.1, -0.05) is 6.07 Å². The van der Waals surface area contributed by atoms with E-state index in [0.717, 1.165) is 17.5 Å². The summed E-state index contributed by atoms with van der Waals surface area (Å²) in [5.41, 5.74) is 1.14. The Bertz CT molecular complexity index is 956. The molecule has 1 fully saturated rings. The van der Waals surface area contributed by atoms with Gasteiger partial charge in [-0.25, -0.2) is 13.6 Å². The van der Waals surface area contributed by atoms with Gasteiger partial charge in [0.2, 0.25) is 10.0 Å². The summed E-state index contributed by atoms with van der Waals surface area (Å²) in [6.07, 6.45) is 0. The molecule has 1 aliphatic heterocycles. The molecule has 0 unspecified atom stereocenters. The first-order chi connectivity index (χ1) is 12.8. The first-order valence-electron chi connectivity index (χ1n) is 8.25. The molecule has 1 heterocycles. The van der Waals surface area contributed by atoms with Gasteiger partial charge in [-0.15, -0.1) is 0 Å². The SMILES string of the molecule is COc1cccc(N2CCN(c3ccc(S(N)(=O)=O)cc3[N+](=O)[O-])CC2)c1. The second-order valence-electron chi connectivity index (χ2n) is 6.13. The zero-order valence-corrected chi connectivity index (χ0v) is 15.6. The molecule has 9 nitrogen and oxygen atoms in total. The van der Waals surface area contributed by atoms with Crippen LogP contribution in [0.5, 0.6) is 5.75 Å². The molecular weight excluding hydrogens is 372 g/mol. The minimum Gasteiger partial charge on any atom is -0.497 e. The van der Waals surface area contributed by atoms with Crippen LogP contribution >= 0.6 is 0 Å². The highest BCUT2D eigenvalue weighted by Gasteiger charge is 2.26. The monoisotopic (exact) mass is 392 g/mol. The predicted molar refractivity (Wildman–Crippen MR) is 102 cm³/mol. The maximum absolute atomic E-state index is 11.5. The van der Waals surface area contributed by atoms with Crippen molar-refractivity contribution in [2.24, 2.45) is 5.14 Å². The standard InChI is InChI=1S/C17H20N4O5S/c1-26-14-4-2-3-13(11-14)19-7-9-20(10-8-19)16-6-5-15(27(18,24)25)12-17(16)21(22)23/h2-6,11-12H,7-10H2,1H3,(H2,18,24,25). The summed E-state index contributed by atoms with van der Waals surface area (Å²) in [7, 11) is -2.39. The number of primary sulfonamides is 1. The number of benzene rings is 2. The van der Waals surface area contributed by atoms with Gasteiger partial charge in [0.25, 0.3) is 5.69 Å². The summed E-state index contributed by atoms with van der Waals surface area (Å²) in [6, 6.07) is 11.5. The molecule has 0 saturated carbocycles. The quantitative estimate of drug-likeness (QED) is 0.606. The maximum Gasteiger partial charge on any atom is 0.293 e. The smallest absolute Gasteiger partial charge is 0.293 e. The van der Waals surface area contributed by atoms with Gasteiger partial charge in [-0.2, -0.15) is 0 Å². The molecule has 0 radical (unpaired) electrons. The second kappa shape index (κ2) is 7.41. The fraction of sp³-hybridized carbons (Fsp3) is 0.294. The Morgan fingerprint density at radius 3 is 2.33 bits per heavy atom. The topological polar surface area (TPSA) is 119 Å². The Hall–Kier alpha value is -2.85. The van der Waals surface area contributed by atoms with E-state index in [1.54, 1.807) is 7.11 Å². The lowest BCUT2D eigenvalue weighted by Crippen LogP contribution is -2.46. The first kappa shape index (κ1) is 18.9. The second-order valence-corrected chi connectivity index (χ2v) is 7.69.